The second kappa shape index (κ2) is 7.49. The van der Waals surface area contributed by atoms with E-state index in [9.17, 15) is 22.8 Å². The van der Waals surface area contributed by atoms with E-state index >= 15 is 0 Å². The molecule has 0 saturated carbocycles. The molecule has 2 amide bonds. The van der Waals surface area contributed by atoms with Gasteiger partial charge in [0.2, 0.25) is 11.8 Å². The molecular weight excluding hydrogens is 277 g/mol. The fraction of sp³-hybridized carbons (Fsp3) is 0.333. The molecule has 0 unspecified atom stereocenters. The van der Waals surface area contributed by atoms with Gasteiger partial charge in [-0.1, -0.05) is 0 Å². The summed E-state index contributed by atoms with van der Waals surface area (Å²) in [5.41, 5.74) is -0.507. The summed E-state index contributed by atoms with van der Waals surface area (Å²) in [5.74, 6) is -5.83. The highest BCUT2D eigenvalue weighted by atomic mass is 19.2. The monoisotopic (exact) mass is 290 g/mol. The van der Waals surface area contributed by atoms with Crippen LogP contribution in [-0.2, 0) is 14.3 Å². The average molecular weight is 290 g/mol. The highest BCUT2D eigenvalue weighted by Gasteiger charge is 2.15. The highest BCUT2D eigenvalue weighted by Crippen LogP contribution is 2.19. The van der Waals surface area contributed by atoms with Gasteiger partial charge in [-0.05, 0) is 19.1 Å². The summed E-state index contributed by atoms with van der Waals surface area (Å²) in [7, 11) is 0. The number of carbonyl (C=O) groups is 2. The van der Waals surface area contributed by atoms with Gasteiger partial charge in [-0.2, -0.15) is 0 Å². The van der Waals surface area contributed by atoms with E-state index in [1.54, 1.807) is 6.92 Å². The number of benzene rings is 1. The Hall–Kier alpha value is -2.09. The maximum absolute atomic E-state index is 13.3. The summed E-state index contributed by atoms with van der Waals surface area (Å²) >= 11 is 0. The molecule has 0 aliphatic heterocycles. The first-order valence-electron chi connectivity index (χ1n) is 5.73. The Morgan fingerprint density at radius 3 is 2.50 bits per heavy atom. The van der Waals surface area contributed by atoms with E-state index in [1.807, 2.05) is 5.32 Å². The number of hydrogen-bond acceptors (Lipinski definition) is 3. The second-order valence-electron chi connectivity index (χ2n) is 3.68. The number of rotatable bonds is 6. The third-order valence-electron chi connectivity index (χ3n) is 2.19. The summed E-state index contributed by atoms with van der Waals surface area (Å²) in [6, 6.07) is 1.56. The molecule has 8 heteroatoms. The van der Waals surface area contributed by atoms with E-state index < -0.39 is 41.5 Å². The van der Waals surface area contributed by atoms with Gasteiger partial charge in [0.15, 0.2) is 17.5 Å². The van der Waals surface area contributed by atoms with Crippen molar-refractivity contribution in [2.75, 3.05) is 25.1 Å². The van der Waals surface area contributed by atoms with E-state index in [1.165, 1.54) is 0 Å². The first kappa shape index (κ1) is 16.0. The smallest absolute Gasteiger partial charge is 0.246 e. The van der Waals surface area contributed by atoms with Crippen molar-refractivity contribution in [2.24, 2.45) is 0 Å². The standard InChI is InChI=1S/C12H13F3N2O3/c1-2-20-6-10(19)16-5-9(18)17-8-4-3-7(13)11(14)12(8)15/h3-4H,2,5-6H2,1H3,(H,16,19)(H,17,18). The Balaban J connectivity index is 2.51. The minimum Gasteiger partial charge on any atom is -0.372 e. The molecule has 1 rings (SSSR count). The molecular formula is C12H13F3N2O3. The molecule has 0 fully saturated rings. The van der Waals surface area contributed by atoms with Crippen LogP contribution in [-0.4, -0.2) is 31.6 Å². The first-order valence-corrected chi connectivity index (χ1v) is 5.73. The van der Waals surface area contributed by atoms with Crippen molar-refractivity contribution in [3.05, 3.63) is 29.6 Å². The summed E-state index contributed by atoms with van der Waals surface area (Å²) in [5, 5.41) is 4.23. The lowest BCUT2D eigenvalue weighted by molar-refractivity contribution is -0.127. The molecule has 5 nitrogen and oxygen atoms in total. The Morgan fingerprint density at radius 1 is 1.15 bits per heavy atom. The number of halogens is 3. The van der Waals surface area contributed by atoms with Crippen molar-refractivity contribution < 1.29 is 27.5 Å². The maximum atomic E-state index is 13.3. The maximum Gasteiger partial charge on any atom is 0.246 e. The van der Waals surface area contributed by atoms with Crippen LogP contribution in [0.4, 0.5) is 18.9 Å². The molecule has 0 atom stereocenters. The van der Waals surface area contributed by atoms with E-state index in [-0.39, 0.29) is 6.61 Å². The van der Waals surface area contributed by atoms with Crippen LogP contribution in [0.15, 0.2) is 12.1 Å². The number of carbonyl (C=O) groups excluding carboxylic acids is 2. The molecule has 0 aliphatic carbocycles. The first-order chi connectivity index (χ1) is 9.45. The number of anilines is 1. The molecule has 0 radical (unpaired) electrons. The van der Waals surface area contributed by atoms with Gasteiger partial charge >= 0.3 is 0 Å². The molecule has 0 bridgehead atoms. The number of ether oxygens (including phenoxy) is 1. The van der Waals surface area contributed by atoms with Crippen LogP contribution in [0.3, 0.4) is 0 Å². The van der Waals surface area contributed by atoms with Gasteiger partial charge in [-0.15, -0.1) is 0 Å². The predicted octanol–water partition coefficient (Wildman–Crippen LogP) is 1.20. The Bertz CT molecular complexity index is 509. The van der Waals surface area contributed by atoms with E-state index in [0.29, 0.717) is 12.7 Å². The lowest BCUT2D eigenvalue weighted by Gasteiger charge is -2.08. The highest BCUT2D eigenvalue weighted by molar-refractivity contribution is 5.94. The van der Waals surface area contributed by atoms with Crippen molar-refractivity contribution in [1.82, 2.24) is 5.32 Å². The van der Waals surface area contributed by atoms with Crippen molar-refractivity contribution in [3.63, 3.8) is 0 Å². The minimum absolute atomic E-state index is 0.205. The molecule has 0 heterocycles. The normalized spacial score (nSPS) is 10.2. The molecule has 20 heavy (non-hydrogen) atoms. The van der Waals surface area contributed by atoms with Gasteiger partial charge in [0.1, 0.15) is 6.61 Å². The van der Waals surface area contributed by atoms with Gasteiger partial charge in [0.05, 0.1) is 12.2 Å². The second-order valence-corrected chi connectivity index (χ2v) is 3.68. The largest absolute Gasteiger partial charge is 0.372 e. The van der Waals surface area contributed by atoms with E-state index in [2.05, 4.69) is 5.32 Å². The van der Waals surface area contributed by atoms with Gasteiger partial charge in [0, 0.05) is 6.61 Å². The van der Waals surface area contributed by atoms with Crippen LogP contribution >= 0.6 is 0 Å². The van der Waals surface area contributed by atoms with Gasteiger partial charge < -0.3 is 15.4 Å². The third kappa shape index (κ3) is 4.54. The SMILES string of the molecule is CCOCC(=O)NCC(=O)Nc1ccc(F)c(F)c1F. The summed E-state index contributed by atoms with van der Waals surface area (Å²) in [6.45, 7) is 1.40. The zero-order valence-corrected chi connectivity index (χ0v) is 10.6. The summed E-state index contributed by atoms with van der Waals surface area (Å²) in [6.07, 6.45) is 0. The number of hydrogen-bond donors (Lipinski definition) is 2. The Morgan fingerprint density at radius 2 is 1.85 bits per heavy atom. The van der Waals surface area contributed by atoms with Gasteiger partial charge in [0.25, 0.3) is 0 Å². The molecule has 2 N–H and O–H groups in total. The van der Waals surface area contributed by atoms with Crippen LogP contribution in [0.2, 0.25) is 0 Å². The molecule has 0 saturated heterocycles. The molecule has 110 valence electrons. The van der Waals surface area contributed by atoms with Crippen LogP contribution in [0, 0.1) is 17.5 Å². The van der Waals surface area contributed by atoms with Crippen LogP contribution in [0.5, 0.6) is 0 Å². The quantitative estimate of drug-likeness (QED) is 0.773. The van der Waals surface area contributed by atoms with Crippen molar-refractivity contribution in [2.45, 2.75) is 6.92 Å². The van der Waals surface area contributed by atoms with E-state index in [4.69, 9.17) is 4.74 Å². The number of amides is 2. The zero-order valence-electron chi connectivity index (χ0n) is 10.6. The zero-order chi connectivity index (χ0) is 15.1. The van der Waals surface area contributed by atoms with Crippen LogP contribution in [0.1, 0.15) is 6.92 Å². The fourth-order valence-corrected chi connectivity index (χ4v) is 1.24. The molecule has 0 aliphatic rings. The molecule has 1 aromatic rings. The Kier molecular flexibility index (Phi) is 5.98. The van der Waals surface area contributed by atoms with Crippen molar-refractivity contribution in [1.29, 1.82) is 0 Å². The fourth-order valence-electron chi connectivity index (χ4n) is 1.24. The summed E-state index contributed by atoms with van der Waals surface area (Å²) < 4.78 is 43.6. The molecule has 0 aromatic heterocycles. The van der Waals surface area contributed by atoms with Gasteiger partial charge in [-0.25, -0.2) is 13.2 Å². The van der Waals surface area contributed by atoms with Gasteiger partial charge in [-0.3, -0.25) is 9.59 Å². The Labute approximate surface area is 113 Å². The minimum atomic E-state index is -1.68. The number of nitrogens with one attached hydrogen (secondary N) is 2. The lowest BCUT2D eigenvalue weighted by Crippen LogP contribution is -2.35. The predicted molar refractivity (Wildman–Crippen MR) is 64.4 cm³/mol. The summed E-state index contributed by atoms with van der Waals surface area (Å²) in [4.78, 5) is 22.5. The third-order valence-corrected chi connectivity index (χ3v) is 2.19. The average Bonchev–Trinajstić information content (AvgIpc) is 2.43. The van der Waals surface area contributed by atoms with Crippen LogP contribution < -0.4 is 10.6 Å². The van der Waals surface area contributed by atoms with Crippen molar-refractivity contribution >= 4 is 17.5 Å². The lowest BCUT2D eigenvalue weighted by atomic mass is 10.2. The van der Waals surface area contributed by atoms with E-state index in [0.717, 1.165) is 6.07 Å². The van der Waals surface area contributed by atoms with Crippen LogP contribution in [0.25, 0.3) is 0 Å². The molecule has 1 aromatic carbocycles. The topological polar surface area (TPSA) is 67.4 Å². The molecule has 0 spiro atoms. The van der Waals surface area contributed by atoms with Crippen molar-refractivity contribution in [3.8, 4) is 0 Å².